The molecule has 224 valence electrons. The number of nitrogens with zero attached hydrogens (tertiary/aromatic N) is 1. The van der Waals surface area contributed by atoms with E-state index in [1.54, 1.807) is 26.0 Å². The summed E-state index contributed by atoms with van der Waals surface area (Å²) in [6, 6.07) is 19.7. The predicted molar refractivity (Wildman–Crippen MR) is 160 cm³/mol. The van der Waals surface area contributed by atoms with Crippen LogP contribution in [0.3, 0.4) is 0 Å². The van der Waals surface area contributed by atoms with E-state index in [0.29, 0.717) is 18.0 Å². The number of hydrogen-bond acceptors (Lipinski definition) is 7. The maximum atomic E-state index is 13.7. The predicted octanol–water partition coefficient (Wildman–Crippen LogP) is 4.85. The third kappa shape index (κ3) is 6.57. The molecule has 0 radical (unpaired) electrons. The molecule has 0 aromatic heterocycles. The largest absolute Gasteiger partial charge is 0.486 e. The van der Waals surface area contributed by atoms with Crippen LogP contribution in [0.2, 0.25) is 0 Å². The number of nitrogens with one attached hydrogen (secondary N) is 2. The lowest BCUT2D eigenvalue weighted by Gasteiger charge is -2.25. The Morgan fingerprint density at radius 3 is 2.07 bits per heavy atom. The van der Waals surface area contributed by atoms with Crippen molar-refractivity contribution in [1.82, 2.24) is 0 Å². The maximum absolute atomic E-state index is 13.7. The summed E-state index contributed by atoms with van der Waals surface area (Å²) in [6.45, 7) is 3.52. The number of para-hydroxylation sites is 1. The van der Waals surface area contributed by atoms with Gasteiger partial charge in [-0.2, -0.15) is 0 Å². The number of carbonyl (C=O) groups excluding carboxylic acids is 1. The molecule has 0 spiro atoms. The van der Waals surface area contributed by atoms with E-state index in [9.17, 15) is 26.0 Å². The monoisotopic (exact) mass is 625 g/mol. The zero-order chi connectivity index (χ0) is 30.8. The summed E-state index contributed by atoms with van der Waals surface area (Å²) in [5, 5.41) is 2.59. The number of carbonyl (C=O) groups is 1. The average molecular weight is 626 g/mol. The SMILES string of the molecule is Cc1cccc(C)c1NS(=O)(=O)c1ccc(NC(=O)CN(c2ccc(F)cc2)S(=O)(=O)c2ccc3c(c2)OCCO3)cc1. The van der Waals surface area contributed by atoms with Gasteiger partial charge in [0.25, 0.3) is 20.0 Å². The quantitative estimate of drug-likeness (QED) is 0.272. The van der Waals surface area contributed by atoms with E-state index in [1.807, 2.05) is 6.07 Å². The Morgan fingerprint density at radius 2 is 1.42 bits per heavy atom. The Kier molecular flexibility index (Phi) is 8.29. The zero-order valence-electron chi connectivity index (χ0n) is 23.2. The molecule has 10 nitrogen and oxygen atoms in total. The minimum absolute atomic E-state index is 0.0257. The average Bonchev–Trinajstić information content (AvgIpc) is 2.98. The number of ether oxygens (including phenoxy) is 2. The summed E-state index contributed by atoms with van der Waals surface area (Å²) in [5.41, 5.74) is 2.32. The lowest BCUT2D eigenvalue weighted by atomic mass is 10.1. The van der Waals surface area contributed by atoms with Crippen LogP contribution in [0.15, 0.2) is 94.7 Å². The lowest BCUT2D eigenvalue weighted by molar-refractivity contribution is -0.114. The second kappa shape index (κ2) is 11.9. The van der Waals surface area contributed by atoms with Crippen LogP contribution in [-0.4, -0.2) is 42.5 Å². The smallest absolute Gasteiger partial charge is 0.264 e. The van der Waals surface area contributed by atoms with Crippen molar-refractivity contribution in [3.8, 4) is 11.5 Å². The Bertz CT molecular complexity index is 1860. The Morgan fingerprint density at radius 1 is 0.814 bits per heavy atom. The van der Waals surface area contributed by atoms with Crippen LogP contribution in [0.25, 0.3) is 0 Å². The molecule has 1 aliphatic heterocycles. The molecule has 2 N–H and O–H groups in total. The van der Waals surface area contributed by atoms with Crippen molar-refractivity contribution in [2.75, 3.05) is 34.1 Å². The van der Waals surface area contributed by atoms with Crippen LogP contribution in [0.4, 0.5) is 21.5 Å². The van der Waals surface area contributed by atoms with Crippen LogP contribution >= 0.6 is 0 Å². The molecule has 1 amide bonds. The van der Waals surface area contributed by atoms with Gasteiger partial charge in [0.2, 0.25) is 5.91 Å². The minimum atomic E-state index is -4.32. The fourth-order valence-electron chi connectivity index (χ4n) is 4.45. The molecule has 13 heteroatoms. The molecule has 0 bridgehead atoms. The topological polar surface area (TPSA) is 131 Å². The fourth-order valence-corrected chi connectivity index (χ4v) is 7.09. The van der Waals surface area contributed by atoms with Crippen molar-refractivity contribution in [3.05, 3.63) is 102 Å². The summed E-state index contributed by atoms with van der Waals surface area (Å²) in [4.78, 5) is 12.9. The van der Waals surface area contributed by atoms with E-state index in [4.69, 9.17) is 9.47 Å². The van der Waals surface area contributed by atoms with Gasteiger partial charge in [-0.25, -0.2) is 21.2 Å². The molecule has 0 saturated heterocycles. The first-order valence-electron chi connectivity index (χ1n) is 13.1. The number of amides is 1. The number of aryl methyl sites for hydroxylation is 2. The molecule has 1 aliphatic rings. The van der Waals surface area contributed by atoms with Gasteiger partial charge in [-0.05, 0) is 85.6 Å². The third-order valence-electron chi connectivity index (χ3n) is 6.67. The van der Waals surface area contributed by atoms with Crippen molar-refractivity contribution < 1.29 is 35.5 Å². The number of halogens is 1. The highest BCUT2D eigenvalue weighted by atomic mass is 32.2. The van der Waals surface area contributed by atoms with Crippen molar-refractivity contribution in [1.29, 1.82) is 0 Å². The summed E-state index contributed by atoms with van der Waals surface area (Å²) in [7, 11) is -8.24. The van der Waals surface area contributed by atoms with Gasteiger partial charge in [0, 0.05) is 11.8 Å². The molecule has 0 saturated carbocycles. The summed E-state index contributed by atoms with van der Waals surface area (Å²) >= 11 is 0. The lowest BCUT2D eigenvalue weighted by Crippen LogP contribution is -2.38. The molecular weight excluding hydrogens is 597 g/mol. The van der Waals surface area contributed by atoms with Crippen LogP contribution in [0.5, 0.6) is 11.5 Å². The van der Waals surface area contributed by atoms with Gasteiger partial charge in [-0.15, -0.1) is 0 Å². The summed E-state index contributed by atoms with van der Waals surface area (Å²) < 4.78 is 81.5. The number of fused-ring (bicyclic) bond motifs is 1. The normalized spacial score (nSPS) is 12.8. The summed E-state index contributed by atoms with van der Waals surface area (Å²) in [5.74, 6) is -0.648. The van der Waals surface area contributed by atoms with Crippen LogP contribution in [-0.2, 0) is 24.8 Å². The van der Waals surface area contributed by atoms with Gasteiger partial charge >= 0.3 is 0 Å². The highest BCUT2D eigenvalue weighted by molar-refractivity contribution is 7.93. The Labute approximate surface area is 249 Å². The van der Waals surface area contributed by atoms with Crippen LogP contribution in [0, 0.1) is 19.7 Å². The van der Waals surface area contributed by atoms with Crippen molar-refractivity contribution >= 4 is 43.0 Å². The van der Waals surface area contributed by atoms with Gasteiger partial charge in [-0.1, -0.05) is 18.2 Å². The molecule has 4 aromatic carbocycles. The van der Waals surface area contributed by atoms with E-state index < -0.39 is 38.3 Å². The number of hydrogen-bond donors (Lipinski definition) is 2. The van der Waals surface area contributed by atoms with Gasteiger partial charge < -0.3 is 14.8 Å². The van der Waals surface area contributed by atoms with E-state index in [-0.39, 0.29) is 33.5 Å². The van der Waals surface area contributed by atoms with Crippen molar-refractivity contribution in [2.45, 2.75) is 23.6 Å². The molecule has 0 fully saturated rings. The second-order valence-corrected chi connectivity index (χ2v) is 13.3. The first-order valence-corrected chi connectivity index (χ1v) is 16.0. The highest BCUT2D eigenvalue weighted by Crippen LogP contribution is 2.34. The minimum Gasteiger partial charge on any atom is -0.486 e. The van der Waals surface area contributed by atoms with Crippen LogP contribution < -0.4 is 23.8 Å². The molecule has 5 rings (SSSR count). The second-order valence-electron chi connectivity index (χ2n) is 9.74. The Balaban J connectivity index is 1.36. The molecular formula is C30H28FN3O7S2. The third-order valence-corrected chi connectivity index (χ3v) is 9.80. The maximum Gasteiger partial charge on any atom is 0.264 e. The molecule has 0 unspecified atom stereocenters. The van der Waals surface area contributed by atoms with Crippen LogP contribution in [0.1, 0.15) is 11.1 Å². The van der Waals surface area contributed by atoms with Gasteiger partial charge in [0.15, 0.2) is 11.5 Å². The molecule has 43 heavy (non-hydrogen) atoms. The summed E-state index contributed by atoms with van der Waals surface area (Å²) in [6.07, 6.45) is 0. The Hall–Kier alpha value is -4.62. The zero-order valence-corrected chi connectivity index (χ0v) is 24.8. The molecule has 1 heterocycles. The van der Waals surface area contributed by atoms with E-state index in [0.717, 1.165) is 27.6 Å². The van der Waals surface area contributed by atoms with E-state index in [1.165, 1.54) is 54.6 Å². The molecule has 4 aromatic rings. The molecule has 0 atom stereocenters. The first kappa shape index (κ1) is 29.9. The highest BCUT2D eigenvalue weighted by Gasteiger charge is 2.29. The number of anilines is 3. The van der Waals surface area contributed by atoms with Crippen molar-refractivity contribution in [2.24, 2.45) is 0 Å². The standard InChI is InChI=1S/C30H28FN3O7S2/c1-20-4-3-5-21(2)30(20)33-42(36,37)25-12-8-23(9-13-25)32-29(35)19-34(24-10-6-22(31)7-11-24)43(38,39)26-14-15-27-28(18-26)41-17-16-40-27/h3-15,18,33H,16-17,19H2,1-2H3,(H,32,35). The van der Waals surface area contributed by atoms with E-state index >= 15 is 0 Å². The fraction of sp³-hybridized carbons (Fsp3) is 0.167. The number of sulfonamides is 2. The van der Waals surface area contributed by atoms with Crippen molar-refractivity contribution in [3.63, 3.8) is 0 Å². The molecule has 0 aliphatic carbocycles. The van der Waals surface area contributed by atoms with Gasteiger partial charge in [0.05, 0.1) is 21.2 Å². The number of benzene rings is 4. The van der Waals surface area contributed by atoms with E-state index in [2.05, 4.69) is 10.0 Å². The van der Waals surface area contributed by atoms with Gasteiger partial charge in [-0.3, -0.25) is 13.8 Å². The number of rotatable bonds is 9. The van der Waals surface area contributed by atoms with Gasteiger partial charge in [0.1, 0.15) is 25.6 Å². The first-order chi connectivity index (χ1) is 20.4.